The molecule has 0 saturated carbocycles. The third kappa shape index (κ3) is 6.11. The molecule has 1 aliphatic carbocycles. The second kappa shape index (κ2) is 11.4. The standard InChI is InChI=1S/C26H28FN3O3S/c1-32-10-11-33-21-7-3-4-18(13-21)14-25(31)29-26-22(15-28)23-17-30(9-8-24(23)34-26)16-19-5-2-6-20(27)12-19/h2-7,13,19H,8-12,14,16-17H2,1H3,(H,29,31). The van der Waals surface area contributed by atoms with Gasteiger partial charge >= 0.3 is 0 Å². The number of rotatable bonds is 9. The first-order chi connectivity index (χ1) is 16.6. The average molecular weight is 482 g/mol. The Morgan fingerprint density at radius 1 is 1.38 bits per heavy atom. The SMILES string of the molecule is COCCOc1cccc(CC(=O)Nc2sc3c(c2C#N)CN(CC2C=CC=C(F)C2)CC3)c1. The zero-order valence-corrected chi connectivity index (χ0v) is 20.0. The van der Waals surface area contributed by atoms with E-state index in [9.17, 15) is 14.4 Å². The second-order valence-electron chi connectivity index (χ2n) is 8.48. The molecular formula is C26H28FN3O3S. The highest BCUT2D eigenvalue weighted by atomic mass is 32.1. The van der Waals surface area contributed by atoms with Gasteiger partial charge in [0.2, 0.25) is 5.91 Å². The summed E-state index contributed by atoms with van der Waals surface area (Å²) in [6, 6.07) is 9.72. The number of benzene rings is 1. The fraction of sp³-hybridized carbons (Fsp3) is 0.385. The summed E-state index contributed by atoms with van der Waals surface area (Å²) in [6.07, 6.45) is 6.76. The summed E-state index contributed by atoms with van der Waals surface area (Å²) in [5.41, 5.74) is 2.36. The Kier molecular flexibility index (Phi) is 8.12. The number of ether oxygens (including phenoxy) is 2. The minimum Gasteiger partial charge on any atom is -0.491 e. The van der Waals surface area contributed by atoms with Crippen molar-refractivity contribution in [3.8, 4) is 11.8 Å². The first-order valence-electron chi connectivity index (χ1n) is 11.4. The lowest BCUT2D eigenvalue weighted by molar-refractivity contribution is -0.115. The van der Waals surface area contributed by atoms with E-state index >= 15 is 0 Å². The minimum absolute atomic E-state index is 0.0875. The lowest BCUT2D eigenvalue weighted by atomic mass is 9.97. The molecule has 1 aliphatic heterocycles. The van der Waals surface area contributed by atoms with Gasteiger partial charge in [0, 0.05) is 43.6 Å². The van der Waals surface area contributed by atoms with Gasteiger partial charge in [-0.3, -0.25) is 9.69 Å². The van der Waals surface area contributed by atoms with Gasteiger partial charge in [0.15, 0.2) is 0 Å². The van der Waals surface area contributed by atoms with E-state index in [1.165, 1.54) is 17.4 Å². The van der Waals surface area contributed by atoms with Gasteiger partial charge in [0.1, 0.15) is 29.3 Å². The van der Waals surface area contributed by atoms with Crippen molar-refractivity contribution >= 4 is 22.2 Å². The van der Waals surface area contributed by atoms with Crippen molar-refractivity contribution in [3.63, 3.8) is 0 Å². The van der Waals surface area contributed by atoms with Gasteiger partial charge in [0.25, 0.3) is 0 Å². The van der Waals surface area contributed by atoms with Crippen LogP contribution in [0.2, 0.25) is 0 Å². The molecule has 2 aromatic rings. The van der Waals surface area contributed by atoms with Crippen molar-refractivity contribution in [1.82, 2.24) is 4.90 Å². The maximum absolute atomic E-state index is 13.6. The summed E-state index contributed by atoms with van der Waals surface area (Å²) < 4.78 is 24.2. The summed E-state index contributed by atoms with van der Waals surface area (Å²) in [5, 5.41) is 13.4. The van der Waals surface area contributed by atoms with E-state index < -0.39 is 0 Å². The Labute approximate surface area is 203 Å². The Morgan fingerprint density at radius 3 is 3.06 bits per heavy atom. The number of fused-ring (bicyclic) bond motifs is 1. The van der Waals surface area contributed by atoms with E-state index in [4.69, 9.17) is 9.47 Å². The number of nitriles is 1. The second-order valence-corrected chi connectivity index (χ2v) is 9.59. The molecule has 1 aromatic carbocycles. The maximum atomic E-state index is 13.6. The van der Waals surface area contributed by atoms with Gasteiger partial charge in [-0.2, -0.15) is 5.26 Å². The molecule has 1 N–H and O–H groups in total. The van der Waals surface area contributed by atoms with Crippen molar-refractivity contribution in [3.05, 3.63) is 69.9 Å². The number of nitrogens with one attached hydrogen (secondary N) is 1. The van der Waals surface area contributed by atoms with Gasteiger partial charge in [-0.05, 0) is 36.1 Å². The highest BCUT2D eigenvalue weighted by Crippen LogP contribution is 2.37. The monoisotopic (exact) mass is 481 g/mol. The van der Waals surface area contributed by atoms with Crippen LogP contribution in [0.25, 0.3) is 0 Å². The van der Waals surface area contributed by atoms with Crippen LogP contribution in [0, 0.1) is 17.2 Å². The first kappa shape index (κ1) is 24.1. The summed E-state index contributed by atoms with van der Waals surface area (Å²) in [5.74, 6) is 0.574. The molecule has 0 fully saturated rings. The number of allylic oxidation sites excluding steroid dienone is 3. The largest absolute Gasteiger partial charge is 0.491 e. The number of carbonyl (C=O) groups is 1. The fourth-order valence-corrected chi connectivity index (χ4v) is 5.48. The van der Waals surface area contributed by atoms with Crippen molar-refractivity contribution in [2.24, 2.45) is 5.92 Å². The first-order valence-corrected chi connectivity index (χ1v) is 12.2. The van der Waals surface area contributed by atoms with Crippen LogP contribution in [0.5, 0.6) is 5.75 Å². The average Bonchev–Trinajstić information content (AvgIpc) is 3.15. The van der Waals surface area contributed by atoms with Gasteiger partial charge < -0.3 is 14.8 Å². The third-order valence-electron chi connectivity index (χ3n) is 5.92. The van der Waals surface area contributed by atoms with Crippen LogP contribution >= 0.6 is 11.3 Å². The van der Waals surface area contributed by atoms with Gasteiger partial charge in [-0.1, -0.05) is 24.3 Å². The third-order valence-corrected chi connectivity index (χ3v) is 7.13. The van der Waals surface area contributed by atoms with Crippen molar-refractivity contribution in [2.75, 3.05) is 38.7 Å². The fourth-order valence-electron chi connectivity index (χ4n) is 4.31. The van der Waals surface area contributed by atoms with Crippen LogP contribution in [0.3, 0.4) is 0 Å². The lowest BCUT2D eigenvalue weighted by Gasteiger charge is -2.30. The lowest BCUT2D eigenvalue weighted by Crippen LogP contribution is -2.34. The molecule has 34 heavy (non-hydrogen) atoms. The van der Waals surface area contributed by atoms with E-state index in [0.29, 0.717) is 42.5 Å². The van der Waals surface area contributed by atoms with Crippen LogP contribution in [0.4, 0.5) is 9.39 Å². The number of amides is 1. The quantitative estimate of drug-likeness (QED) is 0.530. The molecule has 1 amide bonds. The number of carbonyl (C=O) groups excluding carboxylic acids is 1. The maximum Gasteiger partial charge on any atom is 0.229 e. The molecule has 0 radical (unpaired) electrons. The Balaban J connectivity index is 1.38. The number of thiophene rings is 1. The van der Waals surface area contributed by atoms with E-state index in [0.717, 1.165) is 35.5 Å². The smallest absolute Gasteiger partial charge is 0.229 e. The van der Waals surface area contributed by atoms with Crippen LogP contribution in [0.1, 0.15) is 28.0 Å². The molecule has 2 heterocycles. The van der Waals surface area contributed by atoms with Crippen LogP contribution < -0.4 is 10.1 Å². The van der Waals surface area contributed by atoms with E-state index in [2.05, 4.69) is 16.3 Å². The summed E-state index contributed by atoms with van der Waals surface area (Å²) in [7, 11) is 1.62. The molecule has 0 bridgehead atoms. The minimum atomic E-state index is -0.171. The molecule has 0 spiro atoms. The molecule has 8 heteroatoms. The number of anilines is 1. The van der Waals surface area contributed by atoms with Crippen molar-refractivity contribution < 1.29 is 18.7 Å². The number of nitrogens with zero attached hydrogens (tertiary/aromatic N) is 2. The van der Waals surface area contributed by atoms with E-state index in [1.807, 2.05) is 30.3 Å². The molecular weight excluding hydrogens is 453 g/mol. The van der Waals surface area contributed by atoms with Crippen molar-refractivity contribution in [2.45, 2.75) is 25.8 Å². The van der Waals surface area contributed by atoms with Crippen LogP contribution in [-0.2, 0) is 28.9 Å². The Morgan fingerprint density at radius 2 is 2.26 bits per heavy atom. The molecule has 1 unspecified atom stereocenters. The molecule has 178 valence electrons. The summed E-state index contributed by atoms with van der Waals surface area (Å²) >= 11 is 1.49. The predicted octanol–water partition coefficient (Wildman–Crippen LogP) is 4.61. The molecule has 0 saturated heterocycles. The molecule has 4 rings (SSSR count). The molecule has 6 nitrogen and oxygen atoms in total. The summed E-state index contributed by atoms with van der Waals surface area (Å²) in [4.78, 5) is 16.2. The van der Waals surface area contributed by atoms with Gasteiger partial charge in [-0.15, -0.1) is 11.3 Å². The summed E-state index contributed by atoms with van der Waals surface area (Å²) in [6.45, 7) is 3.19. The molecule has 2 aliphatic rings. The Bertz CT molecular complexity index is 1130. The van der Waals surface area contributed by atoms with Gasteiger partial charge in [0.05, 0.1) is 18.6 Å². The molecule has 1 aromatic heterocycles. The van der Waals surface area contributed by atoms with Crippen molar-refractivity contribution in [1.29, 1.82) is 5.26 Å². The number of halogens is 1. The van der Waals surface area contributed by atoms with E-state index in [-0.39, 0.29) is 24.1 Å². The zero-order valence-electron chi connectivity index (χ0n) is 19.2. The zero-order chi connectivity index (χ0) is 23.9. The normalized spacial score (nSPS) is 17.6. The molecule has 1 atom stereocenters. The van der Waals surface area contributed by atoms with Crippen LogP contribution in [-0.4, -0.2) is 44.2 Å². The highest BCUT2D eigenvalue weighted by molar-refractivity contribution is 7.16. The topological polar surface area (TPSA) is 74.6 Å². The van der Waals surface area contributed by atoms with Crippen LogP contribution in [0.15, 0.2) is 48.3 Å². The number of hydrogen-bond donors (Lipinski definition) is 1. The number of hydrogen-bond acceptors (Lipinski definition) is 6. The predicted molar refractivity (Wildman–Crippen MR) is 131 cm³/mol. The number of methoxy groups -OCH3 is 1. The van der Waals surface area contributed by atoms with E-state index in [1.54, 1.807) is 13.2 Å². The Hall–Kier alpha value is -2.99. The highest BCUT2D eigenvalue weighted by Gasteiger charge is 2.27. The van der Waals surface area contributed by atoms with Gasteiger partial charge in [-0.25, -0.2) is 4.39 Å².